The van der Waals surface area contributed by atoms with Gasteiger partial charge in [0.15, 0.2) is 6.29 Å². The average Bonchev–Trinajstić information content (AvgIpc) is 2.54. The van der Waals surface area contributed by atoms with Crippen molar-refractivity contribution in [3.63, 3.8) is 0 Å². The van der Waals surface area contributed by atoms with Gasteiger partial charge in [-0.05, 0) is 18.3 Å². The number of hydrogen-bond acceptors (Lipinski definition) is 3. The minimum Gasteiger partial charge on any atom is -0.469 e. The fraction of sp³-hybridized carbons (Fsp3) is 0.800. The Morgan fingerprint density at radius 2 is 2.08 bits per heavy atom. The van der Waals surface area contributed by atoms with Crippen LogP contribution in [0.5, 0.6) is 0 Å². The predicted molar refractivity (Wildman–Crippen MR) is 47.8 cm³/mol. The molecule has 0 atom stereocenters. The van der Waals surface area contributed by atoms with Crippen LogP contribution in [0.25, 0.3) is 0 Å². The third-order valence-corrected chi connectivity index (χ3v) is 2.86. The molecular weight excluding hydrogens is 168 g/mol. The first-order valence-electron chi connectivity index (χ1n) is 4.64. The molecule has 1 aliphatic rings. The summed E-state index contributed by atoms with van der Waals surface area (Å²) >= 11 is 0. The fourth-order valence-electron chi connectivity index (χ4n) is 2.07. The lowest BCUT2D eigenvalue weighted by atomic mass is 9.80. The molecule has 1 saturated carbocycles. The lowest BCUT2D eigenvalue weighted by Crippen LogP contribution is -2.22. The summed E-state index contributed by atoms with van der Waals surface area (Å²) in [6, 6.07) is 0. The second kappa shape index (κ2) is 4.40. The lowest BCUT2D eigenvalue weighted by molar-refractivity contribution is -0.143. The van der Waals surface area contributed by atoms with E-state index in [-0.39, 0.29) is 11.4 Å². The maximum Gasteiger partial charge on any atom is 0.306 e. The number of carbonyl (C=O) groups is 1. The molecule has 3 heteroatoms. The predicted octanol–water partition coefficient (Wildman–Crippen LogP) is 1.61. The van der Waals surface area contributed by atoms with Crippen LogP contribution in [0.2, 0.25) is 0 Å². The molecule has 1 rings (SSSR count). The third-order valence-electron chi connectivity index (χ3n) is 2.86. The van der Waals surface area contributed by atoms with Crippen LogP contribution < -0.4 is 0 Å². The van der Waals surface area contributed by atoms with E-state index in [9.17, 15) is 9.59 Å². The summed E-state index contributed by atoms with van der Waals surface area (Å²) in [7, 11) is 1.38. The highest BCUT2D eigenvalue weighted by Crippen LogP contribution is 2.43. The highest BCUT2D eigenvalue weighted by Gasteiger charge is 2.36. The van der Waals surface area contributed by atoms with Crippen molar-refractivity contribution in [2.75, 3.05) is 7.11 Å². The van der Waals surface area contributed by atoms with Crippen molar-refractivity contribution in [2.45, 2.75) is 38.5 Å². The zero-order valence-corrected chi connectivity index (χ0v) is 7.97. The van der Waals surface area contributed by atoms with Crippen molar-refractivity contribution in [1.29, 1.82) is 0 Å². The van der Waals surface area contributed by atoms with Crippen LogP contribution in [0, 0.1) is 5.41 Å². The molecule has 0 aromatic rings. The van der Waals surface area contributed by atoms with E-state index in [0.717, 1.165) is 25.7 Å². The largest absolute Gasteiger partial charge is 0.469 e. The van der Waals surface area contributed by atoms with Gasteiger partial charge in [0.1, 0.15) is 0 Å². The second-order valence-electron chi connectivity index (χ2n) is 3.78. The van der Waals surface area contributed by atoms with Crippen LogP contribution in [-0.2, 0) is 14.3 Å². The molecule has 0 spiro atoms. The molecule has 1 aliphatic carbocycles. The monoisotopic (exact) mass is 183 g/mol. The summed E-state index contributed by atoms with van der Waals surface area (Å²) < 4.78 is 4.61. The molecule has 0 aliphatic heterocycles. The maximum absolute atomic E-state index is 11.1. The van der Waals surface area contributed by atoms with Gasteiger partial charge in [0.05, 0.1) is 13.5 Å². The molecule has 0 aromatic carbocycles. The Labute approximate surface area is 78.5 Å². The Kier molecular flexibility index (Phi) is 3.46. The first-order valence-corrected chi connectivity index (χ1v) is 4.64. The zero-order chi connectivity index (χ0) is 9.73. The molecule has 0 aromatic heterocycles. The number of methoxy groups -OCH3 is 1. The number of carbonyl (C=O) groups excluding carboxylic acids is 2. The Hall–Kier alpha value is -0.860. The molecule has 0 heterocycles. The van der Waals surface area contributed by atoms with E-state index < -0.39 is 0 Å². The Morgan fingerprint density at radius 1 is 1.46 bits per heavy atom. The standard InChI is InChI=1S/C10H15O3/c1-13-9(12)8-10(6-7-11)4-2-3-5-10/h2-6,8H2,1H3. The number of rotatable bonds is 4. The summed E-state index contributed by atoms with van der Waals surface area (Å²) in [5, 5.41) is 0. The number of esters is 1. The van der Waals surface area contributed by atoms with Crippen LogP contribution in [-0.4, -0.2) is 19.4 Å². The van der Waals surface area contributed by atoms with Gasteiger partial charge >= 0.3 is 5.97 Å². The SMILES string of the molecule is COC(=O)CC1(C[C]=O)CCCC1. The Balaban J connectivity index is 2.55. The molecule has 0 amide bonds. The van der Waals surface area contributed by atoms with Gasteiger partial charge in [0, 0.05) is 6.42 Å². The van der Waals surface area contributed by atoms with Gasteiger partial charge in [-0.25, -0.2) is 0 Å². The third kappa shape index (κ3) is 2.54. The van der Waals surface area contributed by atoms with Gasteiger partial charge in [-0.3, -0.25) is 9.59 Å². The molecule has 1 radical (unpaired) electrons. The molecule has 73 valence electrons. The minimum atomic E-state index is -0.211. The van der Waals surface area contributed by atoms with Crippen molar-refractivity contribution in [3.8, 4) is 0 Å². The maximum atomic E-state index is 11.1. The van der Waals surface area contributed by atoms with Gasteiger partial charge < -0.3 is 4.74 Å². The molecule has 0 unspecified atom stereocenters. The van der Waals surface area contributed by atoms with E-state index >= 15 is 0 Å². The van der Waals surface area contributed by atoms with E-state index in [0.29, 0.717) is 12.8 Å². The van der Waals surface area contributed by atoms with Gasteiger partial charge in [-0.1, -0.05) is 12.8 Å². The van der Waals surface area contributed by atoms with Crippen molar-refractivity contribution < 1.29 is 14.3 Å². The molecule has 1 fully saturated rings. The summed E-state index contributed by atoms with van der Waals surface area (Å²) in [6.45, 7) is 0. The molecule has 3 nitrogen and oxygen atoms in total. The molecule has 0 bridgehead atoms. The number of hydrogen-bond donors (Lipinski definition) is 0. The molecule has 0 N–H and O–H groups in total. The van der Waals surface area contributed by atoms with Gasteiger partial charge in [-0.2, -0.15) is 0 Å². The highest BCUT2D eigenvalue weighted by molar-refractivity contribution is 5.71. The second-order valence-corrected chi connectivity index (χ2v) is 3.78. The Bertz CT molecular complexity index is 192. The van der Waals surface area contributed by atoms with Crippen LogP contribution in [0.1, 0.15) is 38.5 Å². The van der Waals surface area contributed by atoms with Gasteiger partial charge in [0.2, 0.25) is 0 Å². The average molecular weight is 183 g/mol. The van der Waals surface area contributed by atoms with E-state index in [1.807, 2.05) is 6.29 Å². The quantitative estimate of drug-likeness (QED) is 0.622. The summed E-state index contributed by atoms with van der Waals surface area (Å²) in [5.41, 5.74) is -0.130. The van der Waals surface area contributed by atoms with Crippen molar-refractivity contribution in [3.05, 3.63) is 0 Å². The van der Waals surface area contributed by atoms with Crippen molar-refractivity contribution in [2.24, 2.45) is 5.41 Å². The van der Waals surface area contributed by atoms with Crippen LogP contribution >= 0.6 is 0 Å². The first kappa shape index (κ1) is 10.2. The molecule has 13 heavy (non-hydrogen) atoms. The highest BCUT2D eigenvalue weighted by atomic mass is 16.5. The van der Waals surface area contributed by atoms with Gasteiger partial charge in [0.25, 0.3) is 0 Å². The zero-order valence-electron chi connectivity index (χ0n) is 7.97. The normalized spacial score (nSPS) is 19.8. The van der Waals surface area contributed by atoms with Gasteiger partial charge in [-0.15, -0.1) is 0 Å². The molecule has 0 saturated heterocycles. The summed E-state index contributed by atoms with van der Waals surface area (Å²) in [5.74, 6) is -0.211. The first-order chi connectivity index (χ1) is 6.22. The fourth-order valence-corrected chi connectivity index (χ4v) is 2.07. The van der Waals surface area contributed by atoms with E-state index in [2.05, 4.69) is 4.74 Å². The van der Waals surface area contributed by atoms with E-state index in [4.69, 9.17) is 0 Å². The van der Waals surface area contributed by atoms with Crippen LogP contribution in [0.15, 0.2) is 0 Å². The number of ether oxygens (including phenoxy) is 1. The van der Waals surface area contributed by atoms with E-state index in [1.54, 1.807) is 0 Å². The lowest BCUT2D eigenvalue weighted by Gasteiger charge is -2.24. The van der Waals surface area contributed by atoms with Crippen LogP contribution in [0.3, 0.4) is 0 Å². The van der Waals surface area contributed by atoms with Crippen molar-refractivity contribution >= 4 is 12.3 Å². The minimum absolute atomic E-state index is 0.130. The van der Waals surface area contributed by atoms with Crippen molar-refractivity contribution in [1.82, 2.24) is 0 Å². The molecular formula is C10H15O3. The Morgan fingerprint density at radius 3 is 2.54 bits per heavy atom. The smallest absolute Gasteiger partial charge is 0.306 e. The van der Waals surface area contributed by atoms with Crippen LogP contribution in [0.4, 0.5) is 0 Å². The van der Waals surface area contributed by atoms with E-state index in [1.165, 1.54) is 7.11 Å². The summed E-state index contributed by atoms with van der Waals surface area (Å²) in [6.07, 6.45) is 6.80. The topological polar surface area (TPSA) is 43.4 Å². The summed E-state index contributed by atoms with van der Waals surface area (Å²) in [4.78, 5) is 21.5.